The first-order valence-electron chi connectivity index (χ1n) is 4.14. The average molecular weight is 232 g/mol. The van der Waals surface area contributed by atoms with Gasteiger partial charge in [-0.3, -0.25) is 4.70 Å². The molecule has 0 heterocycles. The van der Waals surface area contributed by atoms with E-state index in [9.17, 15) is 0 Å². The van der Waals surface area contributed by atoms with E-state index in [1.165, 1.54) is 0 Å². The van der Waals surface area contributed by atoms with Gasteiger partial charge in [0.05, 0.1) is 7.85 Å². The lowest BCUT2D eigenvalue weighted by Crippen LogP contribution is -1.79. The van der Waals surface area contributed by atoms with Gasteiger partial charge in [-0.15, -0.1) is 0 Å². The molecule has 1 aromatic rings. The van der Waals surface area contributed by atoms with Gasteiger partial charge in [0.15, 0.2) is 0 Å². The van der Waals surface area contributed by atoms with Crippen LogP contribution in [-0.4, -0.2) is 21.4 Å². The first-order valence-corrected chi connectivity index (χ1v) is 4.81. The third-order valence-electron chi connectivity index (χ3n) is 1.17. The van der Waals surface area contributed by atoms with Gasteiger partial charge in [-0.05, 0) is 12.1 Å². The molecule has 1 N–H and O–H groups in total. The summed E-state index contributed by atoms with van der Waals surface area (Å²) in [5.74, 6) is 0.284. The Morgan fingerprint density at radius 3 is 1.80 bits per heavy atom. The molecule has 84 valence electrons. The molecule has 1 aromatic carbocycles. The molecule has 0 amide bonds. The Kier molecular flexibility index (Phi) is 19.8. The Hall–Kier alpha value is -1.17. The van der Waals surface area contributed by atoms with Gasteiger partial charge in [0.2, 0.25) is 0 Å². The highest BCUT2D eigenvalue weighted by molar-refractivity contribution is 7.51. The Labute approximate surface area is 93.9 Å². The van der Waals surface area contributed by atoms with Crippen molar-refractivity contribution in [2.75, 3.05) is 0 Å². The molecule has 0 saturated carbocycles. The van der Waals surface area contributed by atoms with Gasteiger partial charge >= 0.3 is 11.6 Å². The van der Waals surface area contributed by atoms with E-state index < -0.39 is 11.6 Å². The molecule has 0 aliphatic rings. The van der Waals surface area contributed by atoms with Crippen molar-refractivity contribution in [2.24, 2.45) is 0 Å². The number of hydrogen-bond acceptors (Lipinski definition) is 3. The van der Waals surface area contributed by atoms with Crippen LogP contribution in [0, 0.1) is 0 Å². The van der Waals surface area contributed by atoms with Crippen LogP contribution in [0.1, 0.15) is 19.4 Å². The predicted octanol–water partition coefficient (Wildman–Crippen LogP) is 1.57. The quantitative estimate of drug-likeness (QED) is 0.747. The van der Waals surface area contributed by atoms with Gasteiger partial charge in [0, 0.05) is 0 Å². The van der Waals surface area contributed by atoms with E-state index in [4.69, 9.17) is 21.4 Å². The number of halogens is 1. The van der Waals surface area contributed by atoms with Gasteiger partial charge in [0.1, 0.15) is 5.75 Å². The molecular weight excluding hydrogens is 218 g/mol. The monoisotopic (exact) mass is 232 g/mol. The number of rotatable bonds is 1. The van der Waals surface area contributed by atoms with Crippen LogP contribution in [0.3, 0.4) is 0 Å². The Bertz CT molecular complexity index is 261. The molecule has 0 aliphatic heterocycles. The highest BCUT2D eigenvalue weighted by atomic mass is 32.1. The Morgan fingerprint density at radius 2 is 1.53 bits per heavy atom. The topological polar surface area (TPSA) is 54.4 Å². The Morgan fingerprint density at radius 1 is 1.20 bits per heavy atom. The summed E-state index contributed by atoms with van der Waals surface area (Å²) in [7, 11) is 5.32. The largest absolute Gasteiger partial charge is 0.508 e. The summed E-state index contributed by atoms with van der Waals surface area (Å²) in [5.41, 5.74) is 1.04. The number of phenols is 1. The molecule has 0 atom stereocenters. The van der Waals surface area contributed by atoms with Gasteiger partial charge in [-0.2, -0.15) is 8.42 Å². The number of phenolic OH excluding ortho intramolecular Hbond substituents is 1. The molecule has 6 heteroatoms. The van der Waals surface area contributed by atoms with Crippen molar-refractivity contribution in [3.05, 3.63) is 29.8 Å². The highest BCUT2D eigenvalue weighted by Crippen LogP contribution is 2.08. The van der Waals surface area contributed by atoms with E-state index in [2.05, 4.69) is 0 Å². The van der Waals surface area contributed by atoms with Crippen molar-refractivity contribution in [3.8, 4) is 5.75 Å². The van der Waals surface area contributed by atoms with Crippen molar-refractivity contribution >= 4 is 19.4 Å². The maximum Gasteiger partial charge on any atom is 0.335 e. The molecule has 0 aliphatic carbocycles. The van der Waals surface area contributed by atoms with Gasteiger partial charge in [-0.25, -0.2) is 0 Å². The van der Waals surface area contributed by atoms with Crippen molar-refractivity contribution in [1.29, 1.82) is 0 Å². The first kappa shape index (κ1) is 19.4. The summed E-state index contributed by atoms with van der Waals surface area (Å²) < 4.78 is 16.6. The van der Waals surface area contributed by atoms with E-state index >= 15 is 0 Å². The van der Waals surface area contributed by atoms with Crippen molar-refractivity contribution in [1.82, 2.24) is 0 Å². The average Bonchev–Trinajstić information content (AvgIpc) is 2.23. The lowest BCUT2D eigenvalue weighted by atomic mass is 9.97. The molecule has 15 heavy (non-hydrogen) atoms. The minimum Gasteiger partial charge on any atom is -0.508 e. The van der Waals surface area contributed by atoms with E-state index in [-0.39, 0.29) is 10.5 Å². The fourth-order valence-electron chi connectivity index (χ4n) is 0.632. The molecule has 0 saturated heterocycles. The molecule has 0 bridgehead atoms. The SMILES string of the molecule is CC.F.O=S=O.[B]Cc1ccc(O)cc1. The minimum atomic E-state index is -0.750. The van der Waals surface area contributed by atoms with Crippen molar-refractivity contribution in [2.45, 2.75) is 20.2 Å². The Balaban J connectivity index is -0.000000209. The zero-order valence-corrected chi connectivity index (χ0v) is 9.49. The number of benzene rings is 1. The van der Waals surface area contributed by atoms with Crippen LogP contribution in [0.2, 0.25) is 0 Å². The van der Waals surface area contributed by atoms with Crippen LogP contribution in [0.25, 0.3) is 0 Å². The van der Waals surface area contributed by atoms with Gasteiger partial charge < -0.3 is 5.11 Å². The molecule has 3 nitrogen and oxygen atoms in total. The normalized spacial score (nSPS) is 6.80. The molecule has 1 rings (SSSR count). The summed E-state index contributed by atoms with van der Waals surface area (Å²) in [6.45, 7) is 4.00. The van der Waals surface area contributed by atoms with Crippen molar-refractivity contribution in [3.63, 3.8) is 0 Å². The second-order valence-electron chi connectivity index (χ2n) is 1.94. The van der Waals surface area contributed by atoms with Crippen molar-refractivity contribution < 1.29 is 18.2 Å². The number of hydrogen-bond donors (Lipinski definition) is 1. The van der Waals surface area contributed by atoms with Gasteiger partial charge in [-0.1, -0.05) is 37.9 Å². The first-order chi connectivity index (χ1) is 6.74. The summed E-state index contributed by atoms with van der Waals surface area (Å²) >= 11 is -0.750. The standard InChI is InChI=1S/C7H7BO.C2H6.FH.O2S/c8-5-6-1-3-7(9)4-2-6;1-2;;1-3-2/h1-4,9H,5H2;1-2H3;1H;. The third-order valence-corrected chi connectivity index (χ3v) is 1.17. The molecule has 0 unspecified atom stereocenters. The van der Waals surface area contributed by atoms with E-state index in [1.54, 1.807) is 24.3 Å². The summed E-state index contributed by atoms with van der Waals surface area (Å²) in [4.78, 5) is 0. The molecule has 0 aromatic heterocycles. The van der Waals surface area contributed by atoms with Crippen LogP contribution in [0.15, 0.2) is 24.3 Å². The van der Waals surface area contributed by atoms with E-state index in [1.807, 2.05) is 13.8 Å². The second-order valence-corrected chi connectivity index (χ2v) is 2.07. The van der Waals surface area contributed by atoms with E-state index in [0.29, 0.717) is 6.32 Å². The van der Waals surface area contributed by atoms with Crippen LogP contribution < -0.4 is 0 Å². The maximum absolute atomic E-state index is 8.81. The molecular formula is C9H14BFO3S. The zero-order valence-electron chi connectivity index (χ0n) is 8.67. The fourth-order valence-corrected chi connectivity index (χ4v) is 0.632. The predicted molar refractivity (Wildman–Crippen MR) is 60.3 cm³/mol. The van der Waals surface area contributed by atoms with E-state index in [0.717, 1.165) is 5.56 Å². The lowest BCUT2D eigenvalue weighted by Gasteiger charge is -1.93. The smallest absolute Gasteiger partial charge is 0.335 e. The van der Waals surface area contributed by atoms with Crippen LogP contribution in [0.4, 0.5) is 4.70 Å². The zero-order chi connectivity index (χ0) is 11.4. The van der Waals surface area contributed by atoms with Gasteiger partial charge in [0.25, 0.3) is 0 Å². The fraction of sp³-hybridized carbons (Fsp3) is 0.333. The minimum absolute atomic E-state index is 0. The maximum atomic E-state index is 8.81. The lowest BCUT2D eigenvalue weighted by molar-refractivity contribution is 0.475. The molecule has 0 spiro atoms. The van der Waals surface area contributed by atoms with Crippen LogP contribution in [-0.2, 0) is 17.9 Å². The molecule has 2 radical (unpaired) electrons. The van der Waals surface area contributed by atoms with Crippen LogP contribution >= 0.6 is 0 Å². The second kappa shape index (κ2) is 15.3. The summed E-state index contributed by atoms with van der Waals surface area (Å²) in [6.07, 6.45) is 0.528. The number of aromatic hydroxyl groups is 1. The molecule has 0 fully saturated rings. The summed E-state index contributed by atoms with van der Waals surface area (Å²) in [6, 6.07) is 6.86. The highest BCUT2D eigenvalue weighted by Gasteiger charge is 1.86. The summed E-state index contributed by atoms with van der Waals surface area (Å²) in [5, 5.41) is 8.81. The van der Waals surface area contributed by atoms with Crippen LogP contribution in [0.5, 0.6) is 5.75 Å². The third kappa shape index (κ3) is 12.8.